The largest absolute Gasteiger partial charge is 0.583 e. The van der Waals surface area contributed by atoms with Gasteiger partial charge in [-0.2, -0.15) is 0 Å². The Balaban J connectivity index is 1.87. The molecule has 104 valence electrons. The van der Waals surface area contributed by atoms with Gasteiger partial charge in [0.2, 0.25) is 0 Å². The first-order valence-electron chi connectivity index (χ1n) is 6.97. The van der Waals surface area contributed by atoms with E-state index in [-0.39, 0.29) is 5.54 Å². The Hall–Kier alpha value is -0.580. The standard InChI is InChI=1S/C15H20BrN2O/c1-19-13-5-8-15(9-6-13)7-4-11-2-3-12(16)10-14(11)18(15)17/h2-3,10,13,17H,4-9H2,1H3/q-1. The van der Waals surface area contributed by atoms with E-state index in [0.29, 0.717) is 6.10 Å². The highest BCUT2D eigenvalue weighted by atomic mass is 79.9. The van der Waals surface area contributed by atoms with Crippen LogP contribution in [0.1, 0.15) is 37.7 Å². The molecule has 1 aromatic rings. The molecule has 1 spiro atoms. The molecular weight excluding hydrogens is 304 g/mol. The minimum Gasteiger partial charge on any atom is -0.583 e. The lowest BCUT2D eigenvalue weighted by Crippen LogP contribution is -2.51. The van der Waals surface area contributed by atoms with E-state index in [2.05, 4.69) is 34.1 Å². The average molecular weight is 324 g/mol. The van der Waals surface area contributed by atoms with Crippen molar-refractivity contribution >= 4 is 21.6 Å². The molecule has 1 aliphatic carbocycles. The first-order valence-corrected chi connectivity index (χ1v) is 7.77. The van der Waals surface area contributed by atoms with Crippen molar-refractivity contribution in [3.63, 3.8) is 0 Å². The van der Waals surface area contributed by atoms with Gasteiger partial charge >= 0.3 is 0 Å². The molecule has 19 heavy (non-hydrogen) atoms. The number of benzene rings is 1. The molecule has 1 aromatic carbocycles. The first-order chi connectivity index (χ1) is 9.14. The fourth-order valence-electron chi connectivity index (χ4n) is 3.53. The summed E-state index contributed by atoms with van der Waals surface area (Å²) in [6.45, 7) is 0. The normalized spacial score (nSPS) is 30.5. The lowest BCUT2D eigenvalue weighted by molar-refractivity contribution is 0.0472. The summed E-state index contributed by atoms with van der Waals surface area (Å²) < 4.78 is 6.52. The number of aryl methyl sites for hydroxylation is 1. The van der Waals surface area contributed by atoms with E-state index in [1.807, 2.05) is 0 Å². The van der Waals surface area contributed by atoms with Gasteiger partial charge in [0.1, 0.15) is 0 Å². The van der Waals surface area contributed by atoms with Crippen molar-refractivity contribution in [2.24, 2.45) is 0 Å². The van der Waals surface area contributed by atoms with Crippen LogP contribution in [0, 0.1) is 0 Å². The lowest BCUT2D eigenvalue weighted by Gasteiger charge is -2.56. The Morgan fingerprint density at radius 1 is 1.32 bits per heavy atom. The van der Waals surface area contributed by atoms with Crippen LogP contribution >= 0.6 is 15.9 Å². The minimum absolute atomic E-state index is 0.0306. The number of ether oxygens (including phenoxy) is 1. The SMILES string of the molecule is COC1CCC2(CCc3ccc(Br)cc3N2[NH-])CC1. The van der Waals surface area contributed by atoms with Crippen LogP contribution in [0.15, 0.2) is 22.7 Å². The van der Waals surface area contributed by atoms with Crippen LogP contribution in [0.3, 0.4) is 0 Å². The molecule has 3 nitrogen and oxygen atoms in total. The number of nitrogens with one attached hydrogen (secondary N) is 1. The van der Waals surface area contributed by atoms with Crippen LogP contribution in [-0.4, -0.2) is 18.8 Å². The summed E-state index contributed by atoms with van der Waals surface area (Å²) in [5, 5.41) is 1.79. The number of hydrogen-bond acceptors (Lipinski definition) is 2. The Morgan fingerprint density at radius 2 is 2.05 bits per heavy atom. The molecule has 0 aromatic heterocycles. The van der Waals surface area contributed by atoms with Crippen LogP contribution in [0.2, 0.25) is 0 Å². The van der Waals surface area contributed by atoms with Crippen LogP contribution in [0.5, 0.6) is 0 Å². The summed E-state index contributed by atoms with van der Waals surface area (Å²) in [5.74, 6) is 8.59. The van der Waals surface area contributed by atoms with Crippen molar-refractivity contribution in [2.75, 3.05) is 12.1 Å². The zero-order valence-corrected chi connectivity index (χ0v) is 12.9. The Morgan fingerprint density at radius 3 is 2.74 bits per heavy atom. The van der Waals surface area contributed by atoms with Crippen LogP contribution in [0.25, 0.3) is 5.84 Å². The van der Waals surface area contributed by atoms with Crippen LogP contribution in [-0.2, 0) is 11.2 Å². The Kier molecular flexibility index (Phi) is 3.58. The van der Waals surface area contributed by atoms with Gasteiger partial charge in [0, 0.05) is 22.8 Å². The van der Waals surface area contributed by atoms with Gasteiger partial charge in [-0.25, -0.2) is 0 Å². The van der Waals surface area contributed by atoms with Crippen molar-refractivity contribution in [3.8, 4) is 0 Å². The smallest absolute Gasteiger partial charge is 0.0573 e. The van der Waals surface area contributed by atoms with Crippen LogP contribution < -0.4 is 5.01 Å². The number of methoxy groups -OCH3 is 1. The van der Waals surface area contributed by atoms with Crippen molar-refractivity contribution in [1.29, 1.82) is 0 Å². The molecule has 0 unspecified atom stereocenters. The molecule has 0 bridgehead atoms. The zero-order chi connectivity index (χ0) is 13.5. The average Bonchev–Trinajstić information content (AvgIpc) is 2.45. The number of fused-ring (bicyclic) bond motifs is 1. The Bertz CT molecular complexity index is 469. The second-order valence-corrected chi connectivity index (χ2v) is 6.68. The van der Waals surface area contributed by atoms with Gasteiger partial charge in [-0.05, 0) is 56.2 Å². The summed E-state index contributed by atoms with van der Waals surface area (Å²) in [5.41, 5.74) is 2.41. The van der Waals surface area contributed by atoms with E-state index in [9.17, 15) is 0 Å². The van der Waals surface area contributed by atoms with Gasteiger partial charge in [-0.1, -0.05) is 22.0 Å². The highest BCUT2D eigenvalue weighted by Crippen LogP contribution is 2.45. The molecule has 1 aliphatic heterocycles. The van der Waals surface area contributed by atoms with E-state index >= 15 is 0 Å². The molecule has 1 N–H and O–H groups in total. The van der Waals surface area contributed by atoms with Gasteiger partial charge in [0.15, 0.2) is 0 Å². The van der Waals surface area contributed by atoms with Crippen molar-refractivity contribution in [3.05, 3.63) is 34.1 Å². The third-order valence-electron chi connectivity index (χ3n) is 4.82. The lowest BCUT2D eigenvalue weighted by atomic mass is 9.74. The molecule has 1 fully saturated rings. The topological polar surface area (TPSA) is 36.3 Å². The quantitative estimate of drug-likeness (QED) is 0.763. The highest BCUT2D eigenvalue weighted by Gasteiger charge is 2.39. The number of halogens is 1. The minimum atomic E-state index is 0.0306. The van der Waals surface area contributed by atoms with Gasteiger partial charge in [-0.3, -0.25) is 0 Å². The molecule has 1 heterocycles. The first kappa shape index (κ1) is 13.4. The third-order valence-corrected chi connectivity index (χ3v) is 5.31. The zero-order valence-electron chi connectivity index (χ0n) is 11.3. The fraction of sp³-hybridized carbons (Fsp3) is 0.600. The number of nitrogens with zero attached hydrogens (tertiary/aromatic N) is 1. The van der Waals surface area contributed by atoms with Crippen molar-refractivity contribution in [1.82, 2.24) is 0 Å². The van der Waals surface area contributed by atoms with Crippen LogP contribution in [0.4, 0.5) is 5.69 Å². The van der Waals surface area contributed by atoms with Gasteiger partial charge in [0.05, 0.1) is 6.10 Å². The summed E-state index contributed by atoms with van der Waals surface area (Å²) in [7, 11) is 1.80. The highest BCUT2D eigenvalue weighted by molar-refractivity contribution is 9.10. The summed E-state index contributed by atoms with van der Waals surface area (Å²) in [6, 6.07) is 6.31. The number of hydrogen-bond donors (Lipinski definition) is 0. The van der Waals surface area contributed by atoms with E-state index in [0.717, 1.165) is 48.7 Å². The molecule has 0 saturated heterocycles. The van der Waals surface area contributed by atoms with E-state index < -0.39 is 0 Å². The number of rotatable bonds is 1. The maximum Gasteiger partial charge on any atom is 0.0573 e. The molecule has 4 heteroatoms. The molecular formula is C15H20BrN2O-. The fourth-order valence-corrected chi connectivity index (χ4v) is 3.88. The van der Waals surface area contributed by atoms with E-state index in [1.165, 1.54) is 5.56 Å². The molecule has 0 atom stereocenters. The molecule has 0 radical (unpaired) electrons. The van der Waals surface area contributed by atoms with Gasteiger partial charge < -0.3 is 15.6 Å². The summed E-state index contributed by atoms with van der Waals surface area (Å²) in [6.07, 6.45) is 6.88. The monoisotopic (exact) mass is 323 g/mol. The van der Waals surface area contributed by atoms with Gasteiger partial charge in [0.25, 0.3) is 0 Å². The summed E-state index contributed by atoms with van der Waals surface area (Å²) in [4.78, 5) is 0. The third kappa shape index (κ3) is 2.30. The predicted octanol–water partition coefficient (Wildman–Crippen LogP) is 4.50. The molecule has 1 saturated carbocycles. The predicted molar refractivity (Wildman–Crippen MR) is 81.3 cm³/mol. The molecule has 0 amide bonds. The summed E-state index contributed by atoms with van der Waals surface area (Å²) >= 11 is 3.52. The van der Waals surface area contributed by atoms with E-state index in [1.54, 1.807) is 12.1 Å². The maximum absolute atomic E-state index is 8.59. The number of anilines is 1. The van der Waals surface area contributed by atoms with E-state index in [4.69, 9.17) is 10.6 Å². The molecule has 3 rings (SSSR count). The van der Waals surface area contributed by atoms with Gasteiger partial charge in [-0.15, -0.1) is 0 Å². The second kappa shape index (κ2) is 5.08. The van der Waals surface area contributed by atoms with Crippen molar-refractivity contribution in [2.45, 2.75) is 50.2 Å². The second-order valence-electron chi connectivity index (χ2n) is 5.77. The Labute approximate surface area is 123 Å². The van der Waals surface area contributed by atoms with Crippen molar-refractivity contribution < 1.29 is 4.74 Å². The molecule has 2 aliphatic rings. The maximum atomic E-state index is 8.59.